The largest absolute Gasteiger partial charge is 0.480 e. The van der Waals surface area contributed by atoms with E-state index in [9.17, 15) is 18.3 Å². The summed E-state index contributed by atoms with van der Waals surface area (Å²) in [5.74, 6) is -1.27. The van der Waals surface area contributed by atoms with E-state index >= 15 is 0 Å². The zero-order chi connectivity index (χ0) is 28.1. The van der Waals surface area contributed by atoms with Crippen LogP contribution in [-0.2, 0) is 14.8 Å². The first-order chi connectivity index (χ1) is 18.4. The highest BCUT2D eigenvalue weighted by molar-refractivity contribution is 7.93. The Labute approximate surface area is 237 Å². The number of hydrogen-bond donors (Lipinski definition) is 1. The Balaban J connectivity index is 1.68. The fraction of sp³-hybridized carbons (Fsp3) is 0.167. The van der Waals surface area contributed by atoms with Gasteiger partial charge < -0.3 is 9.67 Å². The molecule has 0 fully saturated rings. The highest BCUT2D eigenvalue weighted by Crippen LogP contribution is 2.37. The molecule has 6 nitrogen and oxygen atoms in total. The summed E-state index contributed by atoms with van der Waals surface area (Å²) in [7, 11) is -4.39. The number of nitrogens with zero attached hydrogens (tertiary/aromatic N) is 2. The molecule has 1 heterocycles. The lowest BCUT2D eigenvalue weighted by Gasteiger charge is -2.37. The van der Waals surface area contributed by atoms with Crippen molar-refractivity contribution in [2.24, 2.45) is 5.41 Å². The van der Waals surface area contributed by atoms with Gasteiger partial charge in [0.1, 0.15) is 6.04 Å². The molecular weight excluding hydrogens is 555 g/mol. The number of rotatable bonds is 6. The number of hydrogen-bond acceptors (Lipinski definition) is 3. The second kappa shape index (κ2) is 9.90. The van der Waals surface area contributed by atoms with Crippen LogP contribution in [0.5, 0.6) is 0 Å². The lowest BCUT2D eigenvalue weighted by atomic mass is 9.86. The molecule has 1 atom stereocenters. The molecular formula is C30H26Cl2N2O4S. The SMILES string of the molecule is CC(C)(C)C(C(=O)O)N(c1ccc2c(ccn2-c2ccc3ccccc3c2)c1)S(=O)(=O)c1cc(Cl)cc(Cl)c1. The van der Waals surface area contributed by atoms with E-state index in [1.54, 1.807) is 39.0 Å². The smallest absolute Gasteiger partial charge is 0.328 e. The van der Waals surface area contributed by atoms with Gasteiger partial charge in [0, 0.05) is 27.3 Å². The molecule has 0 saturated carbocycles. The summed E-state index contributed by atoms with van der Waals surface area (Å²) in [6.45, 7) is 5.07. The first-order valence-corrected chi connectivity index (χ1v) is 14.4. The molecule has 1 N–H and O–H groups in total. The first kappa shape index (κ1) is 27.1. The summed E-state index contributed by atoms with van der Waals surface area (Å²) in [6.07, 6.45) is 1.91. The number of sulfonamides is 1. The van der Waals surface area contributed by atoms with Crippen LogP contribution in [0.4, 0.5) is 5.69 Å². The zero-order valence-corrected chi connectivity index (χ0v) is 23.8. The van der Waals surface area contributed by atoms with Gasteiger partial charge in [-0.15, -0.1) is 0 Å². The van der Waals surface area contributed by atoms with Gasteiger partial charge >= 0.3 is 5.97 Å². The van der Waals surface area contributed by atoms with Crippen LogP contribution in [0.15, 0.2) is 96.0 Å². The van der Waals surface area contributed by atoms with Crippen molar-refractivity contribution in [3.63, 3.8) is 0 Å². The summed E-state index contributed by atoms with van der Waals surface area (Å²) in [6, 6.07) is 23.8. The van der Waals surface area contributed by atoms with Crippen molar-refractivity contribution in [1.29, 1.82) is 0 Å². The van der Waals surface area contributed by atoms with Gasteiger partial charge in [-0.1, -0.05) is 74.3 Å². The van der Waals surface area contributed by atoms with Crippen molar-refractivity contribution in [3.8, 4) is 5.69 Å². The summed E-state index contributed by atoms with van der Waals surface area (Å²) >= 11 is 12.3. The highest BCUT2D eigenvalue weighted by atomic mass is 35.5. The van der Waals surface area contributed by atoms with Crippen LogP contribution >= 0.6 is 23.2 Å². The average Bonchev–Trinajstić information content (AvgIpc) is 3.28. The predicted octanol–water partition coefficient (Wildman–Crippen LogP) is 7.79. The maximum atomic E-state index is 14.1. The van der Waals surface area contributed by atoms with Gasteiger partial charge in [0.15, 0.2) is 0 Å². The zero-order valence-electron chi connectivity index (χ0n) is 21.5. The third kappa shape index (κ3) is 5.10. The Bertz CT molecular complexity index is 1820. The van der Waals surface area contributed by atoms with Crippen molar-refractivity contribution >= 4 is 66.6 Å². The molecule has 0 spiro atoms. The molecule has 5 aromatic rings. The van der Waals surface area contributed by atoms with Gasteiger partial charge in [-0.05, 0) is 70.8 Å². The number of carboxylic acid groups (broad SMARTS) is 1. The van der Waals surface area contributed by atoms with Crippen LogP contribution in [0.2, 0.25) is 10.0 Å². The minimum absolute atomic E-state index is 0.131. The van der Waals surface area contributed by atoms with E-state index in [1.165, 1.54) is 18.2 Å². The molecule has 200 valence electrons. The van der Waals surface area contributed by atoms with Gasteiger partial charge in [-0.3, -0.25) is 4.31 Å². The molecule has 1 unspecified atom stereocenters. The normalized spacial score (nSPS) is 13.1. The molecule has 0 aliphatic rings. The van der Waals surface area contributed by atoms with Crippen molar-refractivity contribution in [2.75, 3.05) is 4.31 Å². The van der Waals surface area contributed by atoms with Crippen molar-refractivity contribution in [2.45, 2.75) is 31.7 Å². The summed E-state index contributed by atoms with van der Waals surface area (Å²) in [5.41, 5.74) is 1.07. The monoisotopic (exact) mass is 580 g/mol. The number of aromatic nitrogens is 1. The third-order valence-corrected chi connectivity index (χ3v) is 8.83. The Hall–Kier alpha value is -3.52. The van der Waals surface area contributed by atoms with Crippen molar-refractivity contribution < 1.29 is 18.3 Å². The van der Waals surface area contributed by atoms with E-state index in [-0.39, 0.29) is 20.6 Å². The van der Waals surface area contributed by atoms with E-state index in [1.807, 2.05) is 41.1 Å². The summed E-state index contributed by atoms with van der Waals surface area (Å²) < 4.78 is 31.1. The second-order valence-corrected chi connectivity index (χ2v) is 13.2. The number of benzene rings is 4. The van der Waals surface area contributed by atoms with E-state index in [4.69, 9.17) is 23.2 Å². The Morgan fingerprint density at radius 3 is 2.15 bits per heavy atom. The average molecular weight is 582 g/mol. The molecule has 0 aliphatic heterocycles. The van der Waals surface area contributed by atoms with Gasteiger partial charge in [-0.2, -0.15) is 0 Å². The molecule has 4 aromatic carbocycles. The minimum Gasteiger partial charge on any atom is -0.480 e. The maximum Gasteiger partial charge on any atom is 0.328 e. The van der Waals surface area contributed by atoms with Crippen molar-refractivity contribution in [3.05, 3.63) is 101 Å². The van der Waals surface area contributed by atoms with Crippen molar-refractivity contribution in [1.82, 2.24) is 4.57 Å². The van der Waals surface area contributed by atoms with Crippen LogP contribution in [-0.4, -0.2) is 30.1 Å². The summed E-state index contributed by atoms with van der Waals surface area (Å²) in [4.78, 5) is 12.4. The molecule has 0 radical (unpaired) electrons. The molecule has 9 heteroatoms. The molecule has 0 saturated heterocycles. The number of carboxylic acids is 1. The Kier molecular flexibility index (Phi) is 6.87. The lowest BCUT2D eigenvalue weighted by molar-refractivity contribution is -0.140. The summed E-state index contributed by atoms with van der Waals surface area (Å²) in [5, 5.41) is 13.5. The number of aliphatic carboxylic acids is 1. The molecule has 1 aromatic heterocycles. The van der Waals surface area contributed by atoms with Gasteiger partial charge in [0.05, 0.1) is 16.1 Å². The first-order valence-electron chi connectivity index (χ1n) is 12.2. The molecule has 0 bridgehead atoms. The van der Waals surface area contributed by atoms with Gasteiger partial charge in [-0.25, -0.2) is 13.2 Å². The molecule has 0 amide bonds. The third-order valence-electron chi connectivity index (χ3n) is 6.62. The van der Waals surface area contributed by atoms with E-state index in [0.29, 0.717) is 0 Å². The van der Waals surface area contributed by atoms with Crippen LogP contribution in [0.25, 0.3) is 27.4 Å². The standard InChI is InChI=1S/C30H26Cl2N2O4S/c1-30(2,3)28(29(35)36)34(39(37,38)26-17-22(31)16-23(32)18-26)25-10-11-27-21(15-25)12-13-33(27)24-9-8-19-6-4-5-7-20(19)14-24/h4-18,28H,1-3H3,(H,35,36). The molecule has 39 heavy (non-hydrogen) atoms. The number of fused-ring (bicyclic) bond motifs is 2. The predicted molar refractivity (Wildman–Crippen MR) is 158 cm³/mol. The van der Waals surface area contributed by atoms with Crippen LogP contribution in [0, 0.1) is 5.41 Å². The quantitative estimate of drug-likeness (QED) is 0.222. The minimum atomic E-state index is -4.39. The maximum absolute atomic E-state index is 14.1. The Morgan fingerprint density at radius 1 is 0.846 bits per heavy atom. The number of halogens is 2. The van der Waals surface area contributed by atoms with Gasteiger partial charge in [0.2, 0.25) is 0 Å². The Morgan fingerprint density at radius 2 is 1.51 bits per heavy atom. The fourth-order valence-electron chi connectivity index (χ4n) is 4.86. The van der Waals surface area contributed by atoms with E-state index in [0.717, 1.165) is 31.7 Å². The van der Waals surface area contributed by atoms with Crippen LogP contribution in [0.3, 0.4) is 0 Å². The molecule has 5 rings (SSSR count). The van der Waals surface area contributed by atoms with E-state index in [2.05, 4.69) is 18.2 Å². The number of carbonyl (C=O) groups is 1. The highest BCUT2D eigenvalue weighted by Gasteiger charge is 2.43. The van der Waals surface area contributed by atoms with Crippen LogP contribution in [0.1, 0.15) is 20.8 Å². The second-order valence-electron chi connectivity index (χ2n) is 10.5. The number of anilines is 1. The lowest BCUT2D eigenvalue weighted by Crippen LogP contribution is -2.52. The van der Waals surface area contributed by atoms with Crippen LogP contribution < -0.4 is 4.31 Å². The topological polar surface area (TPSA) is 79.6 Å². The molecule has 0 aliphatic carbocycles. The van der Waals surface area contributed by atoms with Gasteiger partial charge in [0.25, 0.3) is 10.0 Å². The van der Waals surface area contributed by atoms with E-state index < -0.39 is 27.4 Å². The fourth-order valence-corrected chi connectivity index (χ4v) is 7.37.